The molecule has 5 rings (SSSR count). The number of aromatic carboxylic acids is 1. The summed E-state index contributed by atoms with van der Waals surface area (Å²) in [5.41, 5.74) is 4.99. The average Bonchev–Trinajstić information content (AvgIpc) is 3.41. The summed E-state index contributed by atoms with van der Waals surface area (Å²) in [7, 11) is 1.80. The molecular formula is C34H33ClF3N3O3. The standard InChI is InChI=1S/C34H33ClF3N3O3/c1-19-15-25(16-20(2)30(19)35)44-14-8-13-27-26-11-7-12-28(29-21(3)39-40(5)22(29)4)31(26)41(32(27)34(36,37)38)18-23-9-6-10-24(17-23)33(42)43/h6-7,9-12,15-17H,8,13-14,18H2,1-5H3,(H,42,43). The highest BCUT2D eigenvalue weighted by molar-refractivity contribution is 6.32. The first-order valence-electron chi connectivity index (χ1n) is 14.2. The average molecular weight is 624 g/mol. The normalized spacial score (nSPS) is 11.8. The van der Waals surface area contributed by atoms with Crippen LogP contribution in [0, 0.1) is 27.7 Å². The predicted molar refractivity (Wildman–Crippen MR) is 166 cm³/mol. The maximum Gasteiger partial charge on any atom is 0.431 e. The van der Waals surface area contributed by atoms with Crippen molar-refractivity contribution in [2.75, 3.05) is 6.61 Å². The number of fused-ring (bicyclic) bond motifs is 1. The Balaban J connectivity index is 1.64. The van der Waals surface area contributed by atoms with Crippen molar-refractivity contribution in [3.8, 4) is 16.9 Å². The Bertz CT molecular complexity index is 1870. The fourth-order valence-electron chi connectivity index (χ4n) is 5.99. The molecule has 0 fully saturated rings. The molecule has 0 aliphatic rings. The molecule has 10 heteroatoms. The number of benzene rings is 3. The van der Waals surface area contributed by atoms with E-state index in [2.05, 4.69) is 5.10 Å². The van der Waals surface area contributed by atoms with Crippen LogP contribution in [-0.4, -0.2) is 32.0 Å². The number of para-hydroxylation sites is 1. The van der Waals surface area contributed by atoms with Gasteiger partial charge in [0.1, 0.15) is 11.4 Å². The third-order valence-electron chi connectivity index (χ3n) is 8.00. The molecule has 6 nitrogen and oxygen atoms in total. The number of ether oxygens (including phenoxy) is 1. The summed E-state index contributed by atoms with van der Waals surface area (Å²) < 4.78 is 54.2. The Morgan fingerprint density at radius 2 is 1.70 bits per heavy atom. The van der Waals surface area contributed by atoms with Gasteiger partial charge in [0.2, 0.25) is 0 Å². The van der Waals surface area contributed by atoms with Crippen molar-refractivity contribution in [1.82, 2.24) is 14.3 Å². The van der Waals surface area contributed by atoms with Crippen molar-refractivity contribution >= 4 is 28.5 Å². The van der Waals surface area contributed by atoms with Crippen LogP contribution in [0.2, 0.25) is 5.02 Å². The van der Waals surface area contributed by atoms with Gasteiger partial charge in [-0.25, -0.2) is 4.79 Å². The summed E-state index contributed by atoms with van der Waals surface area (Å²) in [5, 5.41) is 15.2. The summed E-state index contributed by atoms with van der Waals surface area (Å²) in [6, 6.07) is 15.0. The van der Waals surface area contributed by atoms with Crippen molar-refractivity contribution in [2.45, 2.75) is 53.3 Å². The van der Waals surface area contributed by atoms with Gasteiger partial charge < -0.3 is 14.4 Å². The van der Waals surface area contributed by atoms with E-state index in [4.69, 9.17) is 16.3 Å². The Labute approximate surface area is 258 Å². The Kier molecular flexibility index (Phi) is 8.53. The summed E-state index contributed by atoms with van der Waals surface area (Å²) >= 11 is 6.27. The van der Waals surface area contributed by atoms with E-state index in [1.54, 1.807) is 36.0 Å². The van der Waals surface area contributed by atoms with Gasteiger partial charge in [0.15, 0.2) is 0 Å². The number of hydrogen-bond donors (Lipinski definition) is 1. The van der Waals surface area contributed by atoms with Crippen LogP contribution >= 0.6 is 11.6 Å². The van der Waals surface area contributed by atoms with Crippen LogP contribution in [0.4, 0.5) is 13.2 Å². The highest BCUT2D eigenvalue weighted by atomic mass is 35.5. The SMILES string of the molecule is Cc1cc(OCCCc2c(C(F)(F)F)n(Cc3cccc(C(=O)O)c3)c3c(-c4c(C)nn(C)c4C)cccc23)cc(C)c1Cl. The third kappa shape index (κ3) is 5.93. The number of carbonyl (C=O) groups is 1. The van der Waals surface area contributed by atoms with E-state index in [1.165, 1.54) is 16.7 Å². The molecule has 0 bridgehead atoms. The van der Waals surface area contributed by atoms with Gasteiger partial charge in [-0.3, -0.25) is 4.68 Å². The molecule has 2 aromatic heterocycles. The van der Waals surface area contributed by atoms with E-state index in [9.17, 15) is 9.90 Å². The molecule has 0 amide bonds. The van der Waals surface area contributed by atoms with Crippen molar-refractivity contribution in [1.29, 1.82) is 0 Å². The maximum atomic E-state index is 15.1. The first kappa shape index (κ1) is 31.2. The van der Waals surface area contributed by atoms with Crippen LogP contribution in [0.15, 0.2) is 54.6 Å². The lowest BCUT2D eigenvalue weighted by atomic mass is 9.98. The van der Waals surface area contributed by atoms with Crippen molar-refractivity contribution in [2.24, 2.45) is 7.05 Å². The Morgan fingerprint density at radius 1 is 1.02 bits per heavy atom. The van der Waals surface area contributed by atoms with Crippen molar-refractivity contribution in [3.05, 3.63) is 105 Å². The summed E-state index contributed by atoms with van der Waals surface area (Å²) in [6.45, 7) is 7.53. The van der Waals surface area contributed by atoms with Crippen molar-refractivity contribution < 1.29 is 27.8 Å². The molecule has 44 heavy (non-hydrogen) atoms. The zero-order chi connectivity index (χ0) is 31.9. The second-order valence-electron chi connectivity index (χ2n) is 11.1. The van der Waals surface area contributed by atoms with Gasteiger partial charge in [-0.1, -0.05) is 41.9 Å². The van der Waals surface area contributed by atoms with Gasteiger partial charge in [-0.15, -0.1) is 0 Å². The molecule has 230 valence electrons. The Morgan fingerprint density at radius 3 is 2.32 bits per heavy atom. The summed E-state index contributed by atoms with van der Waals surface area (Å²) in [4.78, 5) is 11.7. The van der Waals surface area contributed by atoms with Crippen molar-refractivity contribution in [3.63, 3.8) is 0 Å². The van der Waals surface area contributed by atoms with Crippen LogP contribution in [0.25, 0.3) is 22.0 Å². The number of aryl methyl sites for hydroxylation is 5. The number of carboxylic acids is 1. The number of aromatic nitrogens is 3. The number of hydrogen-bond acceptors (Lipinski definition) is 3. The monoisotopic (exact) mass is 623 g/mol. The van der Waals surface area contributed by atoms with Crippen LogP contribution in [-0.2, 0) is 26.2 Å². The quantitative estimate of drug-likeness (QED) is 0.167. The van der Waals surface area contributed by atoms with Crippen LogP contribution < -0.4 is 4.74 Å². The van der Waals surface area contributed by atoms with E-state index >= 15 is 13.2 Å². The zero-order valence-electron chi connectivity index (χ0n) is 25.1. The zero-order valence-corrected chi connectivity index (χ0v) is 25.9. The molecule has 0 saturated heterocycles. The van der Waals surface area contributed by atoms with E-state index in [1.807, 2.05) is 45.9 Å². The van der Waals surface area contributed by atoms with E-state index in [-0.39, 0.29) is 30.7 Å². The minimum Gasteiger partial charge on any atom is -0.494 e. The fraction of sp³-hybridized carbons (Fsp3) is 0.294. The minimum atomic E-state index is -4.68. The van der Waals surface area contributed by atoms with Crippen LogP contribution in [0.1, 0.15) is 56.1 Å². The fourth-order valence-corrected chi connectivity index (χ4v) is 6.10. The molecule has 0 atom stereocenters. The second-order valence-corrected chi connectivity index (χ2v) is 11.5. The molecule has 0 spiro atoms. The number of rotatable bonds is 9. The Hall–Kier alpha value is -4.24. The molecule has 5 aromatic rings. The minimum absolute atomic E-state index is 0.0109. The predicted octanol–water partition coefficient (Wildman–Crippen LogP) is 8.71. The van der Waals surface area contributed by atoms with Gasteiger partial charge in [0, 0.05) is 40.8 Å². The van der Waals surface area contributed by atoms with Gasteiger partial charge in [0.25, 0.3) is 0 Å². The number of carboxylic acid groups (broad SMARTS) is 1. The van der Waals surface area contributed by atoms with Gasteiger partial charge >= 0.3 is 12.1 Å². The summed E-state index contributed by atoms with van der Waals surface area (Å²) in [6.07, 6.45) is -4.22. The van der Waals surface area contributed by atoms with Gasteiger partial charge in [-0.2, -0.15) is 18.3 Å². The van der Waals surface area contributed by atoms with E-state index < -0.39 is 17.8 Å². The number of halogens is 4. The molecule has 0 unspecified atom stereocenters. The summed E-state index contributed by atoms with van der Waals surface area (Å²) in [5.74, 6) is -0.527. The molecule has 1 N–H and O–H groups in total. The smallest absolute Gasteiger partial charge is 0.431 e. The molecule has 3 aromatic carbocycles. The molecule has 0 saturated carbocycles. The topological polar surface area (TPSA) is 69.3 Å². The number of nitrogens with zero attached hydrogens (tertiary/aromatic N) is 3. The molecule has 0 aliphatic carbocycles. The van der Waals surface area contributed by atoms with E-state index in [0.717, 1.165) is 22.4 Å². The second kappa shape index (κ2) is 12.0. The number of alkyl halides is 3. The van der Waals surface area contributed by atoms with Gasteiger partial charge in [-0.05, 0) is 87.1 Å². The molecule has 0 aliphatic heterocycles. The van der Waals surface area contributed by atoms with Crippen LogP contribution in [0.5, 0.6) is 5.75 Å². The van der Waals surface area contributed by atoms with Crippen LogP contribution in [0.3, 0.4) is 0 Å². The highest BCUT2D eigenvalue weighted by Crippen LogP contribution is 2.43. The third-order valence-corrected chi connectivity index (χ3v) is 8.59. The van der Waals surface area contributed by atoms with E-state index in [0.29, 0.717) is 44.9 Å². The largest absolute Gasteiger partial charge is 0.494 e. The lowest BCUT2D eigenvalue weighted by Crippen LogP contribution is -2.17. The lowest BCUT2D eigenvalue weighted by molar-refractivity contribution is -0.143. The molecular weight excluding hydrogens is 591 g/mol. The van der Waals surface area contributed by atoms with Gasteiger partial charge in [0.05, 0.1) is 23.4 Å². The molecule has 0 radical (unpaired) electrons. The lowest BCUT2D eigenvalue weighted by Gasteiger charge is -2.17. The first-order chi connectivity index (χ1) is 20.8. The first-order valence-corrected chi connectivity index (χ1v) is 14.6. The maximum absolute atomic E-state index is 15.1. The molecule has 2 heterocycles. The highest BCUT2D eigenvalue weighted by Gasteiger charge is 2.39.